The van der Waals surface area contributed by atoms with Crippen LogP contribution in [-0.4, -0.2) is 58.6 Å². The minimum absolute atomic E-state index is 0.00559. The molecule has 0 atom stereocenters. The number of carbonyl (C=O) groups is 2. The molecule has 212 valence electrons. The van der Waals surface area contributed by atoms with E-state index in [4.69, 9.17) is 0 Å². The van der Waals surface area contributed by atoms with E-state index in [1.54, 1.807) is 0 Å². The number of benzene rings is 2. The molecule has 0 bridgehead atoms. The van der Waals surface area contributed by atoms with E-state index in [1.165, 1.54) is 40.5 Å². The number of carbonyl (C=O) groups excluding carboxylic acids is 2. The number of aromatic nitrogens is 3. The van der Waals surface area contributed by atoms with Crippen LogP contribution < -0.4 is 10.0 Å². The maximum Gasteiger partial charge on any atom is 0.270 e. The van der Waals surface area contributed by atoms with E-state index in [1.807, 2.05) is 35.2 Å². The molecule has 10 nitrogen and oxygen atoms in total. The van der Waals surface area contributed by atoms with E-state index in [9.17, 15) is 18.0 Å². The Labute approximate surface area is 238 Å². The van der Waals surface area contributed by atoms with Gasteiger partial charge in [-0.15, -0.1) is 0 Å². The van der Waals surface area contributed by atoms with Gasteiger partial charge in [0.2, 0.25) is 10.0 Å². The van der Waals surface area contributed by atoms with Gasteiger partial charge in [-0.05, 0) is 67.7 Å². The second kappa shape index (κ2) is 11.0. The van der Waals surface area contributed by atoms with Gasteiger partial charge in [-0.2, -0.15) is 9.61 Å². The first kappa shape index (κ1) is 26.9. The topological polar surface area (TPSA) is 126 Å². The van der Waals surface area contributed by atoms with Gasteiger partial charge >= 0.3 is 0 Å². The molecule has 0 spiro atoms. The Kier molecular flexibility index (Phi) is 7.21. The van der Waals surface area contributed by atoms with Gasteiger partial charge in [0.1, 0.15) is 16.9 Å². The third-order valence-electron chi connectivity index (χ3n) is 8.08. The number of sulfonamides is 1. The van der Waals surface area contributed by atoms with Crippen LogP contribution >= 0.6 is 0 Å². The van der Waals surface area contributed by atoms with Gasteiger partial charge in [0.05, 0.1) is 11.9 Å². The number of anilines is 2. The molecule has 1 fully saturated rings. The molecule has 2 aromatic carbocycles. The number of likely N-dealkylation sites (tertiary alicyclic amines) is 1. The number of piperidine rings is 1. The highest BCUT2D eigenvalue weighted by Crippen LogP contribution is 2.33. The Morgan fingerprint density at radius 2 is 1.76 bits per heavy atom. The van der Waals surface area contributed by atoms with Gasteiger partial charge in [-0.3, -0.25) is 9.59 Å². The van der Waals surface area contributed by atoms with Gasteiger partial charge < -0.3 is 10.2 Å². The Bertz CT molecular complexity index is 1730. The number of hydrogen-bond donors (Lipinski definition) is 2. The zero-order valence-corrected chi connectivity index (χ0v) is 23.7. The van der Waals surface area contributed by atoms with Crippen LogP contribution in [0.4, 0.5) is 11.5 Å². The summed E-state index contributed by atoms with van der Waals surface area (Å²) in [4.78, 5) is 33.1. The molecule has 41 heavy (non-hydrogen) atoms. The predicted octanol–water partition coefficient (Wildman–Crippen LogP) is 4.06. The molecule has 1 saturated heterocycles. The van der Waals surface area contributed by atoms with E-state index in [2.05, 4.69) is 38.3 Å². The maximum absolute atomic E-state index is 13.9. The smallest absolute Gasteiger partial charge is 0.270 e. The second-order valence-corrected chi connectivity index (χ2v) is 12.6. The molecule has 1 aliphatic carbocycles. The van der Waals surface area contributed by atoms with Gasteiger partial charge in [-0.1, -0.05) is 42.5 Å². The number of aryl methyl sites for hydroxylation is 1. The molecule has 0 saturated carbocycles. The third-order valence-corrected chi connectivity index (χ3v) is 9.34. The van der Waals surface area contributed by atoms with Crippen molar-refractivity contribution in [1.29, 1.82) is 0 Å². The lowest BCUT2D eigenvalue weighted by Gasteiger charge is -2.32. The quantitative estimate of drug-likeness (QED) is 0.342. The summed E-state index contributed by atoms with van der Waals surface area (Å²) < 4.78 is 27.6. The van der Waals surface area contributed by atoms with Crippen molar-refractivity contribution in [2.75, 3.05) is 24.2 Å². The Morgan fingerprint density at radius 1 is 0.976 bits per heavy atom. The molecule has 2 aromatic heterocycles. The third kappa shape index (κ3) is 5.29. The molecular weight excluding hydrogens is 540 g/mol. The van der Waals surface area contributed by atoms with Crippen molar-refractivity contribution in [2.45, 2.75) is 44.9 Å². The van der Waals surface area contributed by atoms with Gasteiger partial charge in [0.15, 0.2) is 5.65 Å². The zero-order valence-electron chi connectivity index (χ0n) is 22.8. The normalized spacial score (nSPS) is 15.6. The average Bonchev–Trinajstić information content (AvgIpc) is 3.66. The summed E-state index contributed by atoms with van der Waals surface area (Å²) in [6, 6.07) is 16.4. The first-order valence-corrected chi connectivity index (χ1v) is 15.6. The molecule has 2 amide bonds. The fourth-order valence-electron chi connectivity index (χ4n) is 5.81. The second-order valence-electron chi connectivity index (χ2n) is 10.5. The highest BCUT2D eigenvalue weighted by atomic mass is 32.2. The first-order valence-electron chi connectivity index (χ1n) is 14.0. The van der Waals surface area contributed by atoms with Crippen molar-refractivity contribution in [3.8, 4) is 0 Å². The average molecular weight is 573 g/mol. The number of nitrogens with one attached hydrogen (secondary N) is 2. The van der Waals surface area contributed by atoms with Gasteiger partial charge in [0.25, 0.3) is 11.8 Å². The van der Waals surface area contributed by atoms with Crippen LogP contribution in [0.3, 0.4) is 0 Å². The van der Waals surface area contributed by atoms with Crippen LogP contribution in [0.25, 0.3) is 5.65 Å². The predicted molar refractivity (Wildman–Crippen MR) is 156 cm³/mol. The van der Waals surface area contributed by atoms with Crippen molar-refractivity contribution in [1.82, 2.24) is 24.2 Å². The number of amides is 2. The van der Waals surface area contributed by atoms with E-state index >= 15 is 0 Å². The van der Waals surface area contributed by atoms with Crippen LogP contribution in [-0.2, 0) is 22.9 Å². The first-order chi connectivity index (χ1) is 19.8. The van der Waals surface area contributed by atoms with Crippen LogP contribution in [0.2, 0.25) is 0 Å². The number of hydrogen-bond acceptors (Lipinski definition) is 7. The summed E-state index contributed by atoms with van der Waals surface area (Å²) >= 11 is 0. The van der Waals surface area contributed by atoms with E-state index in [0.29, 0.717) is 30.4 Å². The minimum atomic E-state index is -3.78. The summed E-state index contributed by atoms with van der Waals surface area (Å²) in [5.41, 5.74) is 5.12. The molecule has 1 aliphatic heterocycles. The lowest BCUT2D eigenvalue weighted by molar-refractivity contribution is 0.0713. The fraction of sp³-hybridized carbons (Fsp3) is 0.333. The highest BCUT2D eigenvalue weighted by molar-refractivity contribution is 7.90. The maximum atomic E-state index is 13.9. The van der Waals surface area contributed by atoms with Gasteiger partial charge in [-0.25, -0.2) is 18.1 Å². The highest BCUT2D eigenvalue weighted by Gasteiger charge is 2.29. The molecule has 0 radical (unpaired) electrons. The minimum Gasteiger partial charge on any atom is -0.339 e. The van der Waals surface area contributed by atoms with Crippen molar-refractivity contribution in [2.24, 2.45) is 0 Å². The monoisotopic (exact) mass is 572 g/mol. The molecule has 11 heteroatoms. The molecule has 2 aliphatic rings. The fourth-order valence-corrected chi connectivity index (χ4v) is 6.35. The summed E-state index contributed by atoms with van der Waals surface area (Å²) in [7, 11) is -3.78. The Balaban J connectivity index is 1.36. The van der Waals surface area contributed by atoms with Crippen molar-refractivity contribution >= 4 is 39.0 Å². The summed E-state index contributed by atoms with van der Waals surface area (Å²) in [5, 5.41) is 7.84. The zero-order chi connectivity index (χ0) is 28.6. The van der Waals surface area contributed by atoms with Crippen molar-refractivity contribution in [3.05, 3.63) is 88.7 Å². The largest absolute Gasteiger partial charge is 0.339 e. The molecule has 6 rings (SSSR count). The molecule has 3 heterocycles. The molecular formula is C30H32N6O4S. The Hall–Kier alpha value is -4.25. The SMILES string of the molecule is CCS(=O)(=O)NC(=O)c1cnn2c(Nc3cccc4c3CCC4)c(C(=O)N3CCC(c4ccccc4)CC3)cnc12. The molecule has 0 unspecified atom stereocenters. The summed E-state index contributed by atoms with van der Waals surface area (Å²) in [5.74, 6) is -0.435. The van der Waals surface area contributed by atoms with E-state index < -0.39 is 15.9 Å². The Morgan fingerprint density at radius 3 is 2.51 bits per heavy atom. The van der Waals surface area contributed by atoms with Crippen LogP contribution in [0.1, 0.15) is 69.5 Å². The van der Waals surface area contributed by atoms with Crippen LogP contribution in [0.15, 0.2) is 60.9 Å². The number of nitrogens with zero attached hydrogens (tertiary/aromatic N) is 4. The van der Waals surface area contributed by atoms with Crippen LogP contribution in [0, 0.1) is 0 Å². The van der Waals surface area contributed by atoms with E-state index in [-0.39, 0.29) is 22.9 Å². The van der Waals surface area contributed by atoms with E-state index in [0.717, 1.165) is 37.8 Å². The summed E-state index contributed by atoms with van der Waals surface area (Å²) in [6.07, 6.45) is 7.43. The lowest BCUT2D eigenvalue weighted by atomic mass is 9.89. The van der Waals surface area contributed by atoms with Crippen molar-refractivity contribution in [3.63, 3.8) is 0 Å². The summed E-state index contributed by atoms with van der Waals surface area (Å²) in [6.45, 7) is 2.67. The van der Waals surface area contributed by atoms with Crippen LogP contribution in [0.5, 0.6) is 0 Å². The standard InChI is InChI=1S/C30H32N6O4S/c1-2-41(39,40)34-29(37)24-19-32-36-27(24)31-18-25(28(36)33-26-13-7-11-22-10-6-12-23(22)26)30(38)35-16-14-21(15-17-35)20-8-4-3-5-9-20/h3-5,7-9,11,13,18-19,21,33H,2,6,10,12,14-17H2,1H3,(H,34,37). The lowest BCUT2D eigenvalue weighted by Crippen LogP contribution is -2.38. The molecule has 2 N–H and O–H groups in total. The molecule has 4 aromatic rings. The van der Waals surface area contributed by atoms with Crippen molar-refractivity contribution < 1.29 is 18.0 Å². The number of fused-ring (bicyclic) bond motifs is 2. The number of rotatable bonds is 7. The van der Waals surface area contributed by atoms with Gasteiger partial charge in [0, 0.05) is 25.0 Å².